The monoisotopic (exact) mass is 1130 g/mol. The van der Waals surface area contributed by atoms with Gasteiger partial charge in [-0.2, -0.15) is 12.6 Å². The minimum atomic E-state index is -1.21. The fraction of sp³-hybridized carbons (Fsp3) is 0.339. The van der Waals surface area contributed by atoms with E-state index in [2.05, 4.69) is 64.0 Å². The number of aliphatic hydroxyl groups excluding tert-OH is 3. The average molecular weight is 1130 g/mol. The first kappa shape index (κ1) is 78.6. The van der Waals surface area contributed by atoms with E-state index in [0.29, 0.717) is 23.7 Å². The lowest BCUT2D eigenvalue weighted by atomic mass is 10.1. The van der Waals surface area contributed by atoms with Gasteiger partial charge in [-0.15, -0.1) is 12.6 Å². The van der Waals surface area contributed by atoms with Gasteiger partial charge in [0.2, 0.25) is 0 Å². The molecule has 20 heteroatoms. The van der Waals surface area contributed by atoms with E-state index < -0.39 is 25.4 Å². The number of benzene rings is 4. The van der Waals surface area contributed by atoms with Crippen LogP contribution in [0.25, 0.3) is 0 Å². The molecule has 0 aliphatic carbocycles. The molecule has 19 N–H and O–H groups in total. The standard InChI is InChI=1S/C7H9N.2C7H8O.C7H8S.C6H8N2.C5H7N3.C4H6N2.C4H11NO3.C4H5N.2C3H9N.C2H7NS/c4*1-6-4-2-3-5-7(6)8;1-5-6(7)3-2-4-8-5;1-4-5(6)2-7-3-8-4;1-6-3-2-5-4-6;5-4(1-6,2-7)3-8;1-2-4-5-3-1;2*1-2-3-4;3-1-2-4/h2-5H,8H2,1H3;3*2-5,8H,1H3;2-4H,7H2,1H3;2-3H,6H2,1H3;2-4H,1H3;6-8H,1-3,5H2;1,3-4H,2H2;2*2-4H2,1H3;4H,1-3H2. The molecule has 0 amide bonds. The Balaban J connectivity index is -0.000000392. The number of imidazole rings is 1. The summed E-state index contributed by atoms with van der Waals surface area (Å²) >= 11 is 7.99. The molecule has 0 fully saturated rings. The molecule has 3 aromatic heterocycles. The van der Waals surface area contributed by atoms with Crippen LogP contribution in [0.2, 0.25) is 0 Å². The van der Waals surface area contributed by atoms with Crippen molar-refractivity contribution < 1.29 is 25.5 Å². The summed E-state index contributed by atoms with van der Waals surface area (Å²) in [6.45, 7) is 16.7. The highest BCUT2D eigenvalue weighted by Gasteiger charge is 2.20. The number of hydrogen-bond acceptors (Lipinski definition) is 19. The molecule has 79 heavy (non-hydrogen) atoms. The molecule has 438 valence electrons. The highest BCUT2D eigenvalue weighted by atomic mass is 32.1. The summed E-state index contributed by atoms with van der Waals surface area (Å²) in [4.78, 5) is 20.1. The average Bonchev–Trinajstić information content (AvgIpc) is 4.23. The minimum Gasteiger partial charge on any atom is -0.508 e. The van der Waals surface area contributed by atoms with Gasteiger partial charge in [-0.1, -0.05) is 92.7 Å². The third-order valence-corrected chi connectivity index (χ3v) is 10.1. The Morgan fingerprint density at radius 1 is 0.582 bits per heavy atom. The number of nitrogens with zero attached hydrogens (tertiary/aromatic N) is 6. The number of phenolic OH excluding ortho intramolecular Hbond substituents is 2. The van der Waals surface area contributed by atoms with E-state index in [-0.39, 0.29) is 0 Å². The molecule has 0 saturated heterocycles. The molecule has 0 radical (unpaired) electrons. The maximum Gasteiger partial charge on any atom is 0.118 e. The van der Waals surface area contributed by atoms with Crippen molar-refractivity contribution in [3.63, 3.8) is 0 Å². The van der Waals surface area contributed by atoms with Gasteiger partial charge in [-0.25, -0.2) is 15.0 Å². The summed E-state index contributed by atoms with van der Waals surface area (Å²) in [7, 11) is 1.94. The second kappa shape index (κ2) is 54.5. The zero-order chi connectivity index (χ0) is 60.7. The number of aromatic nitrogens is 5. The molecule has 1 aliphatic heterocycles. The van der Waals surface area contributed by atoms with Gasteiger partial charge < -0.3 is 70.2 Å². The first-order valence-electron chi connectivity index (χ1n) is 25.3. The van der Waals surface area contributed by atoms with E-state index in [1.807, 2.05) is 169 Å². The number of nitrogen functional groups attached to an aromatic ring is 3. The van der Waals surface area contributed by atoms with Crippen LogP contribution in [-0.4, -0.2) is 107 Å². The summed E-state index contributed by atoms with van der Waals surface area (Å²) in [6, 6.07) is 34.0. The summed E-state index contributed by atoms with van der Waals surface area (Å²) in [6.07, 6.45) is 19.1. The minimum absolute atomic E-state index is 0.368. The molecule has 0 saturated carbocycles. The first-order chi connectivity index (χ1) is 37.6. The molecule has 0 unspecified atom stereocenters. The fourth-order valence-corrected chi connectivity index (χ4v) is 4.12. The molecule has 8 rings (SSSR count). The van der Waals surface area contributed by atoms with E-state index in [4.69, 9.17) is 65.7 Å². The number of anilines is 3. The van der Waals surface area contributed by atoms with Gasteiger partial charge >= 0.3 is 0 Å². The molecule has 1 aliphatic rings. The summed E-state index contributed by atoms with van der Waals surface area (Å²) in [5, 5.41) is 42.9. The lowest BCUT2D eigenvalue weighted by Crippen LogP contribution is -2.50. The van der Waals surface area contributed by atoms with Crippen molar-refractivity contribution in [1.29, 1.82) is 0 Å². The number of hydrogen-bond donors (Lipinski definition) is 14. The predicted molar refractivity (Wildman–Crippen MR) is 340 cm³/mol. The Morgan fingerprint density at radius 2 is 1.03 bits per heavy atom. The number of aryl methyl sites for hydroxylation is 7. The van der Waals surface area contributed by atoms with E-state index in [9.17, 15) is 0 Å². The Labute approximate surface area is 482 Å². The van der Waals surface area contributed by atoms with Gasteiger partial charge in [0.25, 0.3) is 0 Å². The van der Waals surface area contributed by atoms with Gasteiger partial charge in [0.05, 0.1) is 60.6 Å². The molecular formula is C59H95N13O5S2. The van der Waals surface area contributed by atoms with Crippen LogP contribution in [0.3, 0.4) is 0 Å². The van der Waals surface area contributed by atoms with Crippen molar-refractivity contribution in [3.05, 3.63) is 193 Å². The maximum absolute atomic E-state index is 8.92. The van der Waals surface area contributed by atoms with Gasteiger partial charge in [0.1, 0.15) is 17.8 Å². The van der Waals surface area contributed by atoms with Crippen LogP contribution < -0.4 is 40.1 Å². The molecule has 0 bridgehead atoms. The molecule has 18 nitrogen and oxygen atoms in total. The number of allylic oxidation sites excluding steroid dienone is 1. The van der Waals surface area contributed by atoms with Gasteiger partial charge in [-0.05, 0) is 126 Å². The Kier molecular flexibility index (Phi) is 54.3. The smallest absolute Gasteiger partial charge is 0.118 e. The molecule has 4 heterocycles. The van der Waals surface area contributed by atoms with Crippen LogP contribution in [0.5, 0.6) is 11.5 Å². The number of aliphatic hydroxyl groups is 3. The van der Waals surface area contributed by atoms with Crippen LogP contribution in [-0.2, 0) is 7.05 Å². The second-order valence-corrected chi connectivity index (χ2v) is 17.5. The third kappa shape index (κ3) is 49.2. The van der Waals surface area contributed by atoms with E-state index in [1.54, 1.807) is 43.3 Å². The van der Waals surface area contributed by atoms with Crippen LogP contribution in [0, 0.1) is 41.5 Å². The maximum atomic E-state index is 8.92. The zero-order valence-corrected chi connectivity index (χ0v) is 49.8. The molecule has 4 aromatic carbocycles. The molecule has 0 spiro atoms. The Bertz CT molecular complexity index is 2020. The quantitative estimate of drug-likeness (QED) is 0.0550. The Morgan fingerprint density at radius 3 is 1.22 bits per heavy atom. The zero-order valence-electron chi connectivity index (χ0n) is 48.0. The lowest BCUT2D eigenvalue weighted by Gasteiger charge is -2.20. The van der Waals surface area contributed by atoms with Crippen LogP contribution >= 0.6 is 25.3 Å². The van der Waals surface area contributed by atoms with E-state index in [1.165, 1.54) is 11.9 Å². The van der Waals surface area contributed by atoms with Gasteiger partial charge in [0, 0.05) is 67.4 Å². The number of rotatable bonds is 6. The normalized spacial score (nSPS) is 9.70. The van der Waals surface area contributed by atoms with Crippen LogP contribution in [0.15, 0.2) is 169 Å². The van der Waals surface area contributed by atoms with Gasteiger partial charge in [0.15, 0.2) is 0 Å². The number of phenols is 2. The van der Waals surface area contributed by atoms with E-state index in [0.717, 1.165) is 82.5 Å². The van der Waals surface area contributed by atoms with Crippen molar-refractivity contribution in [2.75, 3.05) is 62.4 Å². The molecule has 7 aromatic rings. The number of nitrogens with two attached hydrogens (primary N) is 7. The van der Waals surface area contributed by atoms with Crippen molar-refractivity contribution in [2.24, 2.45) is 35.0 Å². The molecular weight excluding hydrogens is 1030 g/mol. The number of para-hydroxylation sites is 3. The number of aromatic hydroxyl groups is 2. The highest BCUT2D eigenvalue weighted by Crippen LogP contribution is 2.13. The summed E-state index contributed by atoms with van der Waals surface area (Å²) < 4.78 is 1.89. The third-order valence-electron chi connectivity index (χ3n) is 9.36. The van der Waals surface area contributed by atoms with Crippen molar-refractivity contribution >= 4 is 48.5 Å². The number of aliphatic imine (C=N–C) groups is 1. The van der Waals surface area contributed by atoms with Crippen LogP contribution in [0.4, 0.5) is 17.1 Å². The predicted octanol–water partition coefficient (Wildman–Crippen LogP) is 8.24. The number of pyridine rings is 1. The summed E-state index contributed by atoms with van der Waals surface area (Å²) in [5.41, 5.74) is 43.5. The first-order valence-corrected chi connectivity index (χ1v) is 26.4. The SMILES string of the molecule is C1=CN=CC1.CCCN.CCCN.Cc1ccccc1N.Cc1ccccc1O.Cc1ccccc1O.Cc1ccccc1S.Cc1ncccc1N.Cc1ncncc1N.Cn1ccnc1.NC(CO)(CO)CO.NCCS. The van der Waals surface area contributed by atoms with E-state index >= 15 is 0 Å². The fourth-order valence-electron chi connectivity index (χ4n) is 3.96. The van der Waals surface area contributed by atoms with Gasteiger partial charge in [-0.3, -0.25) is 9.98 Å². The largest absolute Gasteiger partial charge is 0.508 e. The van der Waals surface area contributed by atoms with Crippen molar-refractivity contribution in [1.82, 2.24) is 24.5 Å². The lowest BCUT2D eigenvalue weighted by molar-refractivity contribution is 0.0697. The second-order valence-electron chi connectivity index (χ2n) is 16.6. The molecule has 0 atom stereocenters. The number of thiol groups is 2. The Hall–Kier alpha value is -6.85. The highest BCUT2D eigenvalue weighted by molar-refractivity contribution is 7.80. The van der Waals surface area contributed by atoms with Crippen molar-refractivity contribution in [2.45, 2.75) is 85.1 Å². The topological polar surface area (TPSA) is 352 Å². The van der Waals surface area contributed by atoms with Crippen molar-refractivity contribution in [3.8, 4) is 11.5 Å². The van der Waals surface area contributed by atoms with Crippen LogP contribution in [0.1, 0.15) is 66.8 Å². The summed E-state index contributed by atoms with van der Waals surface area (Å²) in [5.74, 6) is 1.53.